The Balaban J connectivity index is 1.82. The maximum absolute atomic E-state index is 11.9. The smallest absolute Gasteiger partial charge is 0.410 e. The second-order valence-corrected chi connectivity index (χ2v) is 6.93. The quantitative estimate of drug-likeness (QED) is 0.781. The summed E-state index contributed by atoms with van der Waals surface area (Å²) >= 11 is 0. The first-order valence-electron chi connectivity index (χ1n) is 7.55. The molecule has 6 nitrogen and oxygen atoms in total. The van der Waals surface area contributed by atoms with Crippen molar-refractivity contribution in [1.29, 1.82) is 0 Å². The number of carbonyl (C=O) groups is 2. The average Bonchev–Trinajstić information content (AvgIpc) is 3.10. The molecule has 1 saturated carbocycles. The molecule has 2 aliphatic rings. The van der Waals surface area contributed by atoms with Crippen LogP contribution in [0.1, 0.15) is 46.5 Å². The van der Waals surface area contributed by atoms with Gasteiger partial charge in [-0.3, -0.25) is 4.79 Å². The zero-order valence-electron chi connectivity index (χ0n) is 13.4. The van der Waals surface area contributed by atoms with Gasteiger partial charge in [-0.05, 0) is 33.1 Å². The first-order chi connectivity index (χ1) is 9.74. The van der Waals surface area contributed by atoms with Gasteiger partial charge < -0.3 is 9.64 Å². The Morgan fingerprint density at radius 2 is 2.10 bits per heavy atom. The Bertz CT molecular complexity index is 450. The highest BCUT2D eigenvalue weighted by Gasteiger charge is 2.29. The second-order valence-electron chi connectivity index (χ2n) is 6.93. The lowest BCUT2D eigenvalue weighted by molar-refractivity contribution is -0.128. The first kappa shape index (κ1) is 15.8. The summed E-state index contributed by atoms with van der Waals surface area (Å²) in [7, 11) is 1.66. The van der Waals surface area contributed by atoms with Crippen molar-refractivity contribution in [3.63, 3.8) is 0 Å². The van der Waals surface area contributed by atoms with Gasteiger partial charge in [0.2, 0.25) is 5.91 Å². The molecule has 21 heavy (non-hydrogen) atoms. The molecule has 0 aromatic rings. The maximum atomic E-state index is 11.9. The molecular formula is C15H25N3O3. The van der Waals surface area contributed by atoms with Gasteiger partial charge in [0.15, 0.2) is 0 Å². The summed E-state index contributed by atoms with van der Waals surface area (Å²) in [5.41, 5.74) is 0.207. The van der Waals surface area contributed by atoms with Crippen molar-refractivity contribution in [3.05, 3.63) is 0 Å². The third-order valence-corrected chi connectivity index (χ3v) is 3.48. The molecule has 0 unspecified atom stereocenters. The largest absolute Gasteiger partial charge is 0.444 e. The van der Waals surface area contributed by atoms with E-state index in [1.54, 1.807) is 12.1 Å². The topological polar surface area (TPSA) is 62.2 Å². The molecular weight excluding hydrogens is 270 g/mol. The van der Waals surface area contributed by atoms with Crippen molar-refractivity contribution >= 4 is 17.7 Å². The monoisotopic (exact) mass is 295 g/mol. The molecule has 0 bridgehead atoms. The van der Waals surface area contributed by atoms with E-state index in [1.807, 2.05) is 20.8 Å². The predicted octanol–water partition coefficient (Wildman–Crippen LogP) is 2.24. The number of ether oxygens (including phenoxy) is 1. The van der Waals surface area contributed by atoms with Crippen molar-refractivity contribution in [2.75, 3.05) is 20.1 Å². The van der Waals surface area contributed by atoms with Crippen LogP contribution in [0, 0.1) is 5.92 Å². The number of hydrazone groups is 1. The van der Waals surface area contributed by atoms with Crippen LogP contribution in [0.3, 0.4) is 0 Å². The molecule has 0 aromatic heterocycles. The summed E-state index contributed by atoms with van der Waals surface area (Å²) in [6, 6.07) is 0. The van der Waals surface area contributed by atoms with Gasteiger partial charge in [-0.15, -0.1) is 0 Å². The van der Waals surface area contributed by atoms with Crippen LogP contribution in [0.5, 0.6) is 0 Å². The van der Waals surface area contributed by atoms with Crippen LogP contribution in [0.2, 0.25) is 0 Å². The lowest BCUT2D eigenvalue weighted by Gasteiger charge is -2.24. The maximum Gasteiger partial charge on any atom is 0.410 e. The van der Waals surface area contributed by atoms with Gasteiger partial charge in [0.05, 0.1) is 18.7 Å². The summed E-state index contributed by atoms with van der Waals surface area (Å²) in [6.45, 7) is 6.52. The zero-order chi connectivity index (χ0) is 15.6. The van der Waals surface area contributed by atoms with Crippen molar-refractivity contribution in [3.8, 4) is 0 Å². The van der Waals surface area contributed by atoms with Crippen LogP contribution in [0.25, 0.3) is 0 Å². The molecule has 2 amide bonds. The van der Waals surface area contributed by atoms with E-state index < -0.39 is 11.7 Å². The number of nitrogens with zero attached hydrogens (tertiary/aromatic N) is 3. The summed E-state index contributed by atoms with van der Waals surface area (Å²) in [5.74, 6) is 0.810. The lowest BCUT2D eigenvalue weighted by Crippen LogP contribution is -2.37. The highest BCUT2D eigenvalue weighted by Crippen LogP contribution is 2.32. The molecule has 0 N–H and O–H groups in total. The van der Waals surface area contributed by atoms with Crippen molar-refractivity contribution in [2.45, 2.75) is 52.1 Å². The summed E-state index contributed by atoms with van der Waals surface area (Å²) in [6.07, 6.45) is 3.50. The van der Waals surface area contributed by atoms with Crippen LogP contribution in [-0.2, 0) is 9.53 Å². The van der Waals surface area contributed by atoms with E-state index in [4.69, 9.17) is 4.74 Å². The number of amides is 2. The number of rotatable bonds is 5. The van der Waals surface area contributed by atoms with Gasteiger partial charge in [0.25, 0.3) is 0 Å². The number of carbonyl (C=O) groups excluding carboxylic acids is 2. The Kier molecular flexibility index (Phi) is 4.54. The molecule has 0 radical (unpaired) electrons. The molecule has 2 rings (SSSR count). The van der Waals surface area contributed by atoms with Crippen LogP contribution in [0.4, 0.5) is 4.79 Å². The van der Waals surface area contributed by atoms with Crippen molar-refractivity contribution in [2.24, 2.45) is 11.0 Å². The van der Waals surface area contributed by atoms with Crippen LogP contribution >= 0.6 is 0 Å². The van der Waals surface area contributed by atoms with Gasteiger partial charge in [-0.2, -0.15) is 5.10 Å². The molecule has 118 valence electrons. The minimum absolute atomic E-state index is 0.0308. The molecule has 0 spiro atoms. The molecule has 0 atom stereocenters. The highest BCUT2D eigenvalue weighted by molar-refractivity contribution is 6.06. The van der Waals surface area contributed by atoms with Gasteiger partial charge in [0, 0.05) is 13.6 Å². The van der Waals surface area contributed by atoms with Gasteiger partial charge in [-0.25, -0.2) is 9.80 Å². The fraction of sp³-hybridized carbons (Fsp3) is 0.800. The van der Waals surface area contributed by atoms with E-state index in [-0.39, 0.29) is 5.91 Å². The van der Waals surface area contributed by atoms with E-state index in [0.717, 1.165) is 18.1 Å². The summed E-state index contributed by atoms with van der Waals surface area (Å²) in [5, 5.41) is 5.89. The van der Waals surface area contributed by atoms with Gasteiger partial charge >= 0.3 is 6.09 Å². The van der Waals surface area contributed by atoms with Crippen molar-refractivity contribution < 1.29 is 14.3 Å². The normalized spacial score (nSPS) is 18.8. The second kappa shape index (κ2) is 6.03. The van der Waals surface area contributed by atoms with E-state index in [2.05, 4.69) is 5.10 Å². The minimum Gasteiger partial charge on any atom is -0.444 e. The molecule has 1 aliphatic heterocycles. The lowest BCUT2D eigenvalue weighted by atomic mass is 10.2. The van der Waals surface area contributed by atoms with Crippen molar-refractivity contribution in [1.82, 2.24) is 9.91 Å². The fourth-order valence-corrected chi connectivity index (χ4v) is 2.18. The number of hydrogen-bond acceptors (Lipinski definition) is 4. The molecule has 1 aliphatic carbocycles. The van der Waals surface area contributed by atoms with E-state index in [9.17, 15) is 9.59 Å². The predicted molar refractivity (Wildman–Crippen MR) is 80.0 cm³/mol. The Morgan fingerprint density at radius 1 is 1.43 bits per heavy atom. The summed E-state index contributed by atoms with van der Waals surface area (Å²) < 4.78 is 5.28. The Morgan fingerprint density at radius 3 is 2.67 bits per heavy atom. The third kappa shape index (κ3) is 5.02. The average molecular weight is 295 g/mol. The van der Waals surface area contributed by atoms with Gasteiger partial charge in [-0.1, -0.05) is 12.8 Å². The third-order valence-electron chi connectivity index (χ3n) is 3.48. The van der Waals surface area contributed by atoms with Gasteiger partial charge in [0.1, 0.15) is 5.60 Å². The van der Waals surface area contributed by atoms with Crippen LogP contribution < -0.4 is 0 Å². The standard InChI is InChI=1S/C15H25N3O3/c1-15(2,3)21-14(20)17(4)10-12-9-13(19)18(16-12)8-7-11-5-6-11/h11H,5-10H2,1-4H3. The Hall–Kier alpha value is -1.59. The Labute approximate surface area is 126 Å². The van der Waals surface area contributed by atoms with E-state index in [1.165, 1.54) is 17.7 Å². The fourth-order valence-electron chi connectivity index (χ4n) is 2.18. The number of hydrogen-bond donors (Lipinski definition) is 0. The molecule has 1 fully saturated rings. The van der Waals surface area contributed by atoms with E-state index >= 15 is 0 Å². The molecule has 1 heterocycles. The first-order valence-corrected chi connectivity index (χ1v) is 7.55. The van der Waals surface area contributed by atoms with Crippen LogP contribution in [-0.4, -0.2) is 53.4 Å². The minimum atomic E-state index is -0.519. The molecule has 0 saturated heterocycles. The summed E-state index contributed by atoms with van der Waals surface area (Å²) in [4.78, 5) is 25.2. The van der Waals surface area contributed by atoms with E-state index in [0.29, 0.717) is 19.5 Å². The zero-order valence-corrected chi connectivity index (χ0v) is 13.4. The van der Waals surface area contributed by atoms with Crippen LogP contribution in [0.15, 0.2) is 5.10 Å². The highest BCUT2D eigenvalue weighted by atomic mass is 16.6. The SMILES string of the molecule is CN(CC1=NN(CCC2CC2)C(=O)C1)C(=O)OC(C)(C)C. The molecule has 6 heteroatoms. The molecule has 0 aromatic carbocycles.